The number of anilines is 1. The Morgan fingerprint density at radius 1 is 1.65 bits per heavy atom. The highest BCUT2D eigenvalue weighted by Crippen LogP contribution is 2.31. The molecule has 2 N–H and O–H groups in total. The summed E-state index contributed by atoms with van der Waals surface area (Å²) in [5.41, 5.74) is -0.165. The van der Waals surface area contributed by atoms with E-state index in [-0.39, 0.29) is 28.5 Å². The molecule has 1 aromatic rings. The molecule has 0 aliphatic rings. The van der Waals surface area contributed by atoms with E-state index in [0.29, 0.717) is 6.42 Å². The maximum atomic E-state index is 13.2. The van der Waals surface area contributed by atoms with E-state index < -0.39 is 10.7 Å². The topological polar surface area (TPSA) is 75.4 Å². The lowest BCUT2D eigenvalue weighted by Gasteiger charge is -2.15. The third-order valence-corrected chi connectivity index (χ3v) is 2.92. The first kappa shape index (κ1) is 13.9. The van der Waals surface area contributed by atoms with Crippen LogP contribution in [0.4, 0.5) is 15.8 Å². The highest BCUT2D eigenvalue weighted by atomic mass is 79.9. The van der Waals surface area contributed by atoms with Crippen LogP contribution in [0.3, 0.4) is 0 Å². The molecule has 0 radical (unpaired) electrons. The van der Waals surface area contributed by atoms with Gasteiger partial charge in [-0.05, 0) is 28.4 Å². The van der Waals surface area contributed by atoms with E-state index in [9.17, 15) is 14.5 Å². The predicted octanol–water partition coefficient (Wildman–Crippen LogP) is 2.68. The summed E-state index contributed by atoms with van der Waals surface area (Å²) >= 11 is 2.96. The van der Waals surface area contributed by atoms with Gasteiger partial charge in [0, 0.05) is 6.04 Å². The SMILES string of the molecule is CCC(CO)Nc1cc(Br)c(F)cc1[N+](=O)[O-]. The van der Waals surface area contributed by atoms with Crippen LogP contribution in [0.15, 0.2) is 16.6 Å². The van der Waals surface area contributed by atoms with Crippen LogP contribution in [0.5, 0.6) is 0 Å². The summed E-state index contributed by atoms with van der Waals surface area (Å²) in [7, 11) is 0. The van der Waals surface area contributed by atoms with Crippen molar-refractivity contribution in [1.82, 2.24) is 0 Å². The van der Waals surface area contributed by atoms with Crippen molar-refractivity contribution in [2.45, 2.75) is 19.4 Å². The van der Waals surface area contributed by atoms with Gasteiger partial charge in [-0.15, -0.1) is 0 Å². The van der Waals surface area contributed by atoms with Crippen LogP contribution >= 0.6 is 15.9 Å². The van der Waals surface area contributed by atoms with Gasteiger partial charge in [-0.1, -0.05) is 6.92 Å². The van der Waals surface area contributed by atoms with Crippen molar-refractivity contribution < 1.29 is 14.4 Å². The molecule has 0 aromatic heterocycles. The number of aliphatic hydroxyl groups excluding tert-OH is 1. The molecule has 1 atom stereocenters. The third-order valence-electron chi connectivity index (χ3n) is 2.31. The molecule has 0 spiro atoms. The summed E-state index contributed by atoms with van der Waals surface area (Å²) < 4.78 is 13.3. The number of nitrogens with one attached hydrogen (secondary N) is 1. The van der Waals surface area contributed by atoms with Crippen molar-refractivity contribution in [3.63, 3.8) is 0 Å². The van der Waals surface area contributed by atoms with Gasteiger partial charge in [0.1, 0.15) is 11.5 Å². The maximum Gasteiger partial charge on any atom is 0.295 e. The third kappa shape index (κ3) is 3.37. The number of benzene rings is 1. The molecule has 1 rings (SSSR count). The van der Waals surface area contributed by atoms with Crippen LogP contribution in [-0.2, 0) is 0 Å². The fourth-order valence-electron chi connectivity index (χ4n) is 1.30. The Balaban J connectivity index is 3.12. The molecule has 0 fully saturated rings. The minimum atomic E-state index is -0.695. The molecule has 7 heteroatoms. The van der Waals surface area contributed by atoms with Crippen molar-refractivity contribution in [3.05, 3.63) is 32.5 Å². The van der Waals surface area contributed by atoms with Crippen LogP contribution in [0.1, 0.15) is 13.3 Å². The second kappa shape index (κ2) is 5.92. The lowest BCUT2D eigenvalue weighted by atomic mass is 10.2. The summed E-state index contributed by atoms with van der Waals surface area (Å²) in [5.74, 6) is -0.695. The van der Waals surface area contributed by atoms with Gasteiger partial charge in [0.25, 0.3) is 5.69 Å². The Bertz CT molecular complexity index is 424. The van der Waals surface area contributed by atoms with Crippen molar-refractivity contribution in [1.29, 1.82) is 0 Å². The second-order valence-electron chi connectivity index (χ2n) is 3.47. The van der Waals surface area contributed by atoms with Crippen LogP contribution in [0.2, 0.25) is 0 Å². The molecule has 0 saturated carbocycles. The number of nitrogens with zero attached hydrogens (tertiary/aromatic N) is 1. The van der Waals surface area contributed by atoms with Crippen LogP contribution in [0, 0.1) is 15.9 Å². The van der Waals surface area contributed by atoms with Crippen LogP contribution in [-0.4, -0.2) is 22.7 Å². The minimum Gasteiger partial charge on any atom is -0.394 e. The summed E-state index contributed by atoms with van der Waals surface area (Å²) in [6.45, 7) is 1.68. The first-order chi connectivity index (χ1) is 7.99. The molecular weight excluding hydrogens is 295 g/mol. The normalized spacial score (nSPS) is 12.2. The van der Waals surface area contributed by atoms with E-state index in [1.165, 1.54) is 6.07 Å². The molecular formula is C10H12BrFN2O3. The van der Waals surface area contributed by atoms with Gasteiger partial charge in [0.2, 0.25) is 0 Å². The Hall–Kier alpha value is -1.21. The molecule has 0 aliphatic carbocycles. The van der Waals surface area contributed by atoms with Gasteiger partial charge in [0.05, 0.1) is 22.1 Å². The number of rotatable bonds is 5. The van der Waals surface area contributed by atoms with Gasteiger partial charge >= 0.3 is 0 Å². The zero-order valence-electron chi connectivity index (χ0n) is 9.11. The van der Waals surface area contributed by atoms with Gasteiger partial charge in [0.15, 0.2) is 0 Å². The van der Waals surface area contributed by atoms with Gasteiger partial charge < -0.3 is 10.4 Å². The van der Waals surface area contributed by atoms with Crippen molar-refractivity contribution in [2.24, 2.45) is 0 Å². The molecule has 0 amide bonds. The Morgan fingerprint density at radius 2 is 2.29 bits per heavy atom. The minimum absolute atomic E-state index is 0.137. The number of halogens is 2. The number of hydrogen-bond donors (Lipinski definition) is 2. The molecule has 0 bridgehead atoms. The zero-order valence-corrected chi connectivity index (χ0v) is 10.7. The van der Waals surface area contributed by atoms with Gasteiger partial charge in [-0.3, -0.25) is 10.1 Å². The quantitative estimate of drug-likeness (QED) is 0.648. The van der Waals surface area contributed by atoms with Crippen molar-refractivity contribution in [2.75, 3.05) is 11.9 Å². The maximum absolute atomic E-state index is 13.2. The van der Waals surface area contributed by atoms with E-state index in [4.69, 9.17) is 5.11 Å². The summed E-state index contributed by atoms with van der Waals surface area (Å²) in [6, 6.07) is 1.84. The largest absolute Gasteiger partial charge is 0.394 e. The first-order valence-electron chi connectivity index (χ1n) is 5.00. The fraction of sp³-hybridized carbons (Fsp3) is 0.400. The average Bonchev–Trinajstić information content (AvgIpc) is 2.29. The number of aliphatic hydroxyl groups is 1. The summed E-state index contributed by atoms with van der Waals surface area (Å²) in [4.78, 5) is 10.1. The Labute approximate surface area is 106 Å². The smallest absolute Gasteiger partial charge is 0.295 e. The summed E-state index contributed by atoms with van der Waals surface area (Å²) in [5, 5.41) is 22.6. The fourth-order valence-corrected chi connectivity index (χ4v) is 1.64. The number of nitro benzene ring substituents is 1. The van der Waals surface area contributed by atoms with E-state index in [0.717, 1.165) is 6.07 Å². The standard InChI is InChI=1S/C10H12BrFN2O3/c1-2-6(5-15)13-9-3-7(11)8(12)4-10(9)14(16)17/h3-4,6,13,15H,2,5H2,1H3. The first-order valence-corrected chi connectivity index (χ1v) is 5.79. The highest BCUT2D eigenvalue weighted by molar-refractivity contribution is 9.10. The average molecular weight is 307 g/mol. The van der Waals surface area contributed by atoms with Gasteiger partial charge in [-0.2, -0.15) is 0 Å². The number of hydrogen-bond acceptors (Lipinski definition) is 4. The summed E-state index contributed by atoms with van der Waals surface area (Å²) in [6.07, 6.45) is 0.600. The highest BCUT2D eigenvalue weighted by Gasteiger charge is 2.19. The van der Waals surface area contributed by atoms with E-state index >= 15 is 0 Å². The van der Waals surface area contributed by atoms with E-state index in [1.54, 1.807) is 0 Å². The number of nitro groups is 1. The Morgan fingerprint density at radius 3 is 2.76 bits per heavy atom. The molecule has 1 aromatic carbocycles. The van der Waals surface area contributed by atoms with Crippen molar-refractivity contribution in [3.8, 4) is 0 Å². The monoisotopic (exact) mass is 306 g/mol. The van der Waals surface area contributed by atoms with E-state index in [1.807, 2.05) is 6.92 Å². The second-order valence-corrected chi connectivity index (χ2v) is 4.33. The zero-order chi connectivity index (χ0) is 13.0. The molecule has 1 unspecified atom stereocenters. The van der Waals surface area contributed by atoms with Crippen LogP contribution in [0.25, 0.3) is 0 Å². The van der Waals surface area contributed by atoms with Gasteiger partial charge in [-0.25, -0.2) is 4.39 Å². The van der Waals surface area contributed by atoms with Crippen molar-refractivity contribution >= 4 is 27.3 Å². The Kier molecular flexibility index (Phi) is 4.83. The molecule has 0 saturated heterocycles. The predicted molar refractivity (Wildman–Crippen MR) is 65.5 cm³/mol. The molecule has 17 heavy (non-hydrogen) atoms. The lowest BCUT2D eigenvalue weighted by Crippen LogP contribution is -2.23. The van der Waals surface area contributed by atoms with E-state index in [2.05, 4.69) is 21.2 Å². The molecule has 0 heterocycles. The molecule has 5 nitrogen and oxygen atoms in total. The molecule has 94 valence electrons. The molecule has 0 aliphatic heterocycles. The lowest BCUT2D eigenvalue weighted by molar-refractivity contribution is -0.384. The van der Waals surface area contributed by atoms with Crippen LogP contribution < -0.4 is 5.32 Å².